The Balaban J connectivity index is 2.17. The van der Waals surface area contributed by atoms with Gasteiger partial charge in [-0.3, -0.25) is 0 Å². The van der Waals surface area contributed by atoms with Crippen molar-refractivity contribution >= 4 is 12.2 Å². The molecule has 2 rings (SSSR count). The number of amides is 2. The molecule has 0 aliphatic rings. The van der Waals surface area contributed by atoms with E-state index in [1.807, 2.05) is 51.1 Å². The first-order chi connectivity index (χ1) is 11.4. The van der Waals surface area contributed by atoms with Gasteiger partial charge in [0, 0.05) is 0 Å². The summed E-state index contributed by atoms with van der Waals surface area (Å²) in [6.07, 6.45) is 1.50. The first-order valence-corrected chi connectivity index (χ1v) is 7.43. The number of benzene rings is 2. The van der Waals surface area contributed by atoms with Crippen LogP contribution in [0.2, 0.25) is 0 Å². The van der Waals surface area contributed by atoms with Crippen molar-refractivity contribution in [1.29, 1.82) is 0 Å². The summed E-state index contributed by atoms with van der Waals surface area (Å²) in [7, 11) is 1.67. The van der Waals surface area contributed by atoms with Crippen molar-refractivity contribution in [3.63, 3.8) is 0 Å². The number of carbonyl (C=O) groups excluding carboxylic acids is 1. The van der Waals surface area contributed by atoms with E-state index < -0.39 is 6.03 Å². The maximum absolute atomic E-state index is 10.5. The number of aryl methyl sites for hydroxylation is 1. The molecule has 0 radical (unpaired) electrons. The Morgan fingerprint density at radius 3 is 2.42 bits per heavy atom. The largest absolute Gasteiger partial charge is 0.496 e. The van der Waals surface area contributed by atoms with E-state index in [9.17, 15) is 4.79 Å². The monoisotopic (exact) mass is 327 g/mol. The number of carbonyl (C=O) groups is 1. The maximum atomic E-state index is 10.5. The highest BCUT2D eigenvalue weighted by atomic mass is 16.5. The second-order valence-electron chi connectivity index (χ2n) is 5.38. The van der Waals surface area contributed by atoms with Crippen molar-refractivity contribution < 1.29 is 14.3 Å². The Hall–Kier alpha value is -3.02. The summed E-state index contributed by atoms with van der Waals surface area (Å²) < 4.78 is 11.4. The molecule has 0 spiro atoms. The number of urea groups is 1. The molecule has 0 saturated carbocycles. The number of hydrogen-bond acceptors (Lipinski definition) is 4. The minimum Gasteiger partial charge on any atom is -0.496 e. The Kier molecular flexibility index (Phi) is 5.42. The quantitative estimate of drug-likeness (QED) is 0.652. The average Bonchev–Trinajstić information content (AvgIpc) is 2.54. The number of nitrogens with two attached hydrogens (primary N) is 1. The predicted octanol–water partition coefficient (Wildman–Crippen LogP) is 3.41. The third-order valence-electron chi connectivity index (χ3n) is 3.68. The van der Waals surface area contributed by atoms with Crippen LogP contribution < -0.4 is 20.6 Å². The van der Waals surface area contributed by atoms with Gasteiger partial charge in [0.2, 0.25) is 0 Å². The van der Waals surface area contributed by atoms with Crippen molar-refractivity contribution in [2.45, 2.75) is 20.8 Å². The Morgan fingerprint density at radius 2 is 1.83 bits per heavy atom. The molecule has 126 valence electrons. The van der Waals surface area contributed by atoms with Gasteiger partial charge in [-0.2, -0.15) is 5.10 Å². The van der Waals surface area contributed by atoms with Crippen molar-refractivity contribution in [3.8, 4) is 17.2 Å². The van der Waals surface area contributed by atoms with Crippen molar-refractivity contribution in [3.05, 3.63) is 52.6 Å². The summed E-state index contributed by atoms with van der Waals surface area (Å²) >= 11 is 0. The summed E-state index contributed by atoms with van der Waals surface area (Å²) in [5.74, 6) is 2.39. The van der Waals surface area contributed by atoms with Gasteiger partial charge in [-0.15, -0.1) is 0 Å². The van der Waals surface area contributed by atoms with Crippen molar-refractivity contribution in [2.75, 3.05) is 7.11 Å². The van der Waals surface area contributed by atoms with Crippen LogP contribution in [0.15, 0.2) is 35.4 Å². The zero-order chi connectivity index (χ0) is 17.7. The number of methoxy groups -OCH3 is 1. The molecule has 0 fully saturated rings. The third kappa shape index (κ3) is 4.04. The van der Waals surface area contributed by atoms with Gasteiger partial charge in [0.05, 0.1) is 13.3 Å². The normalized spacial score (nSPS) is 10.7. The van der Waals surface area contributed by atoms with Crippen LogP contribution in [-0.2, 0) is 0 Å². The minimum atomic E-state index is -0.702. The van der Waals surface area contributed by atoms with Gasteiger partial charge < -0.3 is 15.2 Å². The highest BCUT2D eigenvalue weighted by molar-refractivity contribution is 5.81. The standard InChI is InChI=1S/C18H21N3O3/c1-11-9-16(12(2)13(3)17(11)23-4)24-15-7-5-14(6-8-15)10-20-21-18(19)22/h5-10H,1-4H3,(H3,19,21,22)/b20-10+. The molecule has 2 aromatic rings. The molecule has 0 heterocycles. The molecule has 6 nitrogen and oxygen atoms in total. The fourth-order valence-corrected chi connectivity index (χ4v) is 2.36. The van der Waals surface area contributed by atoms with Crippen LogP contribution >= 0.6 is 0 Å². The van der Waals surface area contributed by atoms with Gasteiger partial charge in [-0.25, -0.2) is 10.2 Å². The summed E-state index contributed by atoms with van der Waals surface area (Å²) in [5.41, 5.74) is 11.0. The van der Waals surface area contributed by atoms with Gasteiger partial charge >= 0.3 is 6.03 Å². The SMILES string of the molecule is COc1c(C)cc(Oc2ccc(/C=N/NC(N)=O)cc2)c(C)c1C. The van der Waals surface area contributed by atoms with Gasteiger partial charge in [-0.05, 0) is 73.4 Å². The van der Waals surface area contributed by atoms with Crippen LogP contribution in [0.4, 0.5) is 4.79 Å². The van der Waals surface area contributed by atoms with E-state index in [4.69, 9.17) is 15.2 Å². The summed E-state index contributed by atoms with van der Waals surface area (Å²) in [5, 5.41) is 3.71. The lowest BCUT2D eigenvalue weighted by Crippen LogP contribution is -2.24. The lowest BCUT2D eigenvalue weighted by molar-refractivity contribution is 0.249. The van der Waals surface area contributed by atoms with Crippen LogP contribution in [0, 0.1) is 20.8 Å². The second-order valence-corrected chi connectivity index (χ2v) is 5.38. The van der Waals surface area contributed by atoms with Crippen LogP contribution in [0.5, 0.6) is 17.2 Å². The van der Waals surface area contributed by atoms with Crippen molar-refractivity contribution in [1.82, 2.24) is 5.43 Å². The van der Waals surface area contributed by atoms with Crippen LogP contribution in [0.25, 0.3) is 0 Å². The summed E-state index contributed by atoms with van der Waals surface area (Å²) in [6, 6.07) is 8.60. The van der Waals surface area contributed by atoms with Crippen molar-refractivity contribution in [2.24, 2.45) is 10.8 Å². The van der Waals surface area contributed by atoms with E-state index in [0.717, 1.165) is 33.8 Å². The number of primary amides is 1. The molecule has 0 bridgehead atoms. The molecular weight excluding hydrogens is 306 g/mol. The fraction of sp³-hybridized carbons (Fsp3) is 0.222. The van der Waals surface area contributed by atoms with E-state index in [0.29, 0.717) is 5.75 Å². The predicted molar refractivity (Wildman–Crippen MR) is 94.0 cm³/mol. The molecule has 0 aromatic heterocycles. The van der Waals surface area contributed by atoms with Gasteiger partial charge in [0.25, 0.3) is 0 Å². The first-order valence-electron chi connectivity index (χ1n) is 7.43. The summed E-state index contributed by atoms with van der Waals surface area (Å²) in [6.45, 7) is 6.01. The average molecular weight is 327 g/mol. The summed E-state index contributed by atoms with van der Waals surface area (Å²) in [4.78, 5) is 10.5. The van der Waals surface area contributed by atoms with Crippen LogP contribution in [-0.4, -0.2) is 19.4 Å². The smallest absolute Gasteiger partial charge is 0.332 e. The lowest BCUT2D eigenvalue weighted by atomic mass is 10.0. The van der Waals surface area contributed by atoms with E-state index in [-0.39, 0.29) is 0 Å². The molecule has 0 unspecified atom stereocenters. The number of ether oxygens (including phenoxy) is 2. The number of hydrazone groups is 1. The van der Waals surface area contributed by atoms with Crippen LogP contribution in [0.1, 0.15) is 22.3 Å². The van der Waals surface area contributed by atoms with Crippen LogP contribution in [0.3, 0.4) is 0 Å². The second kappa shape index (κ2) is 7.50. The topological polar surface area (TPSA) is 85.9 Å². The first kappa shape index (κ1) is 17.3. The number of rotatable bonds is 5. The molecule has 6 heteroatoms. The van der Waals surface area contributed by atoms with E-state index in [1.54, 1.807) is 7.11 Å². The Labute approximate surface area is 141 Å². The molecule has 24 heavy (non-hydrogen) atoms. The van der Waals surface area contributed by atoms with E-state index >= 15 is 0 Å². The Morgan fingerprint density at radius 1 is 1.17 bits per heavy atom. The zero-order valence-electron chi connectivity index (χ0n) is 14.2. The van der Waals surface area contributed by atoms with E-state index in [1.165, 1.54) is 6.21 Å². The molecule has 0 saturated heterocycles. The molecule has 0 atom stereocenters. The zero-order valence-corrected chi connectivity index (χ0v) is 14.2. The molecule has 3 N–H and O–H groups in total. The van der Waals surface area contributed by atoms with Gasteiger partial charge in [0.15, 0.2) is 0 Å². The Bertz CT molecular complexity index is 768. The highest BCUT2D eigenvalue weighted by Crippen LogP contribution is 2.35. The molecule has 2 aromatic carbocycles. The molecule has 0 aliphatic heterocycles. The fourth-order valence-electron chi connectivity index (χ4n) is 2.36. The van der Waals surface area contributed by atoms with Gasteiger partial charge in [-0.1, -0.05) is 0 Å². The third-order valence-corrected chi connectivity index (χ3v) is 3.68. The minimum absolute atomic E-state index is 0.702. The van der Waals surface area contributed by atoms with E-state index in [2.05, 4.69) is 10.5 Å². The highest BCUT2D eigenvalue weighted by Gasteiger charge is 2.12. The van der Waals surface area contributed by atoms with Gasteiger partial charge in [0.1, 0.15) is 17.2 Å². The number of nitrogens with zero attached hydrogens (tertiary/aromatic N) is 1. The number of hydrogen-bond donors (Lipinski definition) is 2. The number of nitrogens with one attached hydrogen (secondary N) is 1. The molecule has 2 amide bonds. The molecule has 0 aliphatic carbocycles. The lowest BCUT2D eigenvalue weighted by Gasteiger charge is -2.16. The molecular formula is C18H21N3O3. The maximum Gasteiger partial charge on any atom is 0.332 e.